The number of aliphatic hydroxyl groups excluding tert-OH is 1. The minimum Gasteiger partial charge on any atom is -0.396 e. The Morgan fingerprint density at radius 1 is 1.16 bits per heavy atom. The number of likely N-dealkylation sites (tertiary alicyclic amines) is 2. The molecule has 1 atom stereocenters. The molecule has 1 aromatic carbocycles. The normalized spacial score (nSPS) is 24.9. The van der Waals surface area contributed by atoms with E-state index in [1.54, 1.807) is 0 Å². The van der Waals surface area contributed by atoms with Crippen molar-refractivity contribution in [3.05, 3.63) is 35.4 Å². The number of amides is 1. The van der Waals surface area contributed by atoms with Crippen molar-refractivity contribution < 1.29 is 9.90 Å². The summed E-state index contributed by atoms with van der Waals surface area (Å²) >= 11 is 0. The number of rotatable bonds is 6. The third-order valence-corrected chi connectivity index (χ3v) is 5.97. The fourth-order valence-corrected chi connectivity index (χ4v) is 4.64. The highest BCUT2D eigenvalue weighted by Gasteiger charge is 2.41. The molecule has 25 heavy (non-hydrogen) atoms. The van der Waals surface area contributed by atoms with Crippen molar-refractivity contribution in [3.8, 4) is 0 Å². The SMILES string of the molecule is CCc1ccccc1CN1CCC[C@@]2(CCC(=O)N(CCCO)C2)C1. The van der Waals surface area contributed by atoms with E-state index in [9.17, 15) is 4.79 Å². The lowest BCUT2D eigenvalue weighted by Gasteiger charge is -2.48. The molecule has 0 aromatic heterocycles. The van der Waals surface area contributed by atoms with Gasteiger partial charge in [-0.05, 0) is 49.8 Å². The van der Waals surface area contributed by atoms with Crippen LogP contribution >= 0.6 is 0 Å². The molecule has 2 aliphatic rings. The number of piperidine rings is 2. The Morgan fingerprint density at radius 2 is 1.96 bits per heavy atom. The third-order valence-electron chi connectivity index (χ3n) is 5.97. The van der Waals surface area contributed by atoms with Gasteiger partial charge in [0, 0.05) is 44.6 Å². The fourth-order valence-electron chi connectivity index (χ4n) is 4.64. The molecule has 0 bridgehead atoms. The largest absolute Gasteiger partial charge is 0.396 e. The highest BCUT2D eigenvalue weighted by atomic mass is 16.3. The van der Waals surface area contributed by atoms with E-state index in [1.165, 1.54) is 24.0 Å². The van der Waals surface area contributed by atoms with E-state index in [-0.39, 0.29) is 17.9 Å². The van der Waals surface area contributed by atoms with Crippen LogP contribution in [0.4, 0.5) is 0 Å². The van der Waals surface area contributed by atoms with Crippen molar-refractivity contribution in [1.82, 2.24) is 9.80 Å². The van der Waals surface area contributed by atoms with Gasteiger partial charge in [0.2, 0.25) is 5.91 Å². The zero-order chi connectivity index (χ0) is 17.7. The summed E-state index contributed by atoms with van der Waals surface area (Å²) in [6, 6.07) is 8.78. The van der Waals surface area contributed by atoms with Gasteiger partial charge < -0.3 is 10.0 Å². The first-order chi connectivity index (χ1) is 12.2. The smallest absolute Gasteiger partial charge is 0.222 e. The molecule has 2 saturated heterocycles. The van der Waals surface area contributed by atoms with Crippen LogP contribution in [0.3, 0.4) is 0 Å². The monoisotopic (exact) mass is 344 g/mol. The van der Waals surface area contributed by atoms with Crippen LogP contribution in [0, 0.1) is 5.41 Å². The van der Waals surface area contributed by atoms with E-state index >= 15 is 0 Å². The number of nitrogens with zero attached hydrogens (tertiary/aromatic N) is 2. The van der Waals surface area contributed by atoms with Gasteiger partial charge in [0.05, 0.1) is 0 Å². The van der Waals surface area contributed by atoms with Gasteiger partial charge in [-0.1, -0.05) is 31.2 Å². The van der Waals surface area contributed by atoms with E-state index in [2.05, 4.69) is 36.1 Å². The zero-order valence-corrected chi connectivity index (χ0v) is 15.5. The van der Waals surface area contributed by atoms with Crippen LogP contribution in [0.5, 0.6) is 0 Å². The number of aliphatic hydroxyl groups is 1. The Balaban J connectivity index is 1.66. The molecule has 0 aliphatic carbocycles. The van der Waals surface area contributed by atoms with E-state index < -0.39 is 0 Å². The summed E-state index contributed by atoms with van der Waals surface area (Å²) < 4.78 is 0. The quantitative estimate of drug-likeness (QED) is 0.863. The van der Waals surface area contributed by atoms with Gasteiger partial charge in [-0.3, -0.25) is 9.69 Å². The second kappa shape index (κ2) is 8.33. The van der Waals surface area contributed by atoms with Crippen molar-refractivity contribution in [2.45, 2.75) is 52.0 Å². The molecule has 2 fully saturated rings. The maximum absolute atomic E-state index is 12.2. The van der Waals surface area contributed by atoms with Crippen molar-refractivity contribution in [2.75, 3.05) is 32.8 Å². The van der Waals surface area contributed by atoms with Crippen LogP contribution in [0.25, 0.3) is 0 Å². The van der Waals surface area contributed by atoms with Crippen LogP contribution < -0.4 is 0 Å². The van der Waals surface area contributed by atoms with Gasteiger partial charge in [-0.25, -0.2) is 0 Å². The molecule has 138 valence electrons. The first-order valence-corrected chi connectivity index (χ1v) is 9.83. The molecule has 0 radical (unpaired) electrons. The number of hydrogen-bond donors (Lipinski definition) is 1. The minimum atomic E-state index is 0.163. The van der Waals surface area contributed by atoms with Gasteiger partial charge in [0.25, 0.3) is 0 Å². The molecule has 0 unspecified atom stereocenters. The molecule has 1 amide bonds. The molecular formula is C21H32N2O2. The lowest BCUT2D eigenvalue weighted by atomic mass is 9.73. The summed E-state index contributed by atoms with van der Waals surface area (Å²) in [5.74, 6) is 0.271. The van der Waals surface area contributed by atoms with E-state index in [0.29, 0.717) is 19.4 Å². The van der Waals surface area contributed by atoms with Crippen molar-refractivity contribution in [3.63, 3.8) is 0 Å². The number of carbonyl (C=O) groups is 1. The van der Waals surface area contributed by atoms with E-state index in [1.807, 2.05) is 4.90 Å². The van der Waals surface area contributed by atoms with E-state index in [4.69, 9.17) is 5.11 Å². The standard InChI is InChI=1S/C21H32N2O2/c1-2-18-7-3-4-8-19(18)15-22-12-5-10-21(16-22)11-9-20(25)23(17-21)13-6-14-24/h3-4,7-8,24H,2,5-6,9-17H2,1H3/t21-/m1/s1. The minimum absolute atomic E-state index is 0.163. The molecule has 4 heteroatoms. The topological polar surface area (TPSA) is 43.8 Å². The Labute approximate surface area is 151 Å². The molecule has 1 aromatic rings. The molecule has 1 N–H and O–H groups in total. The highest BCUT2D eigenvalue weighted by Crippen LogP contribution is 2.39. The van der Waals surface area contributed by atoms with Gasteiger partial charge >= 0.3 is 0 Å². The summed E-state index contributed by atoms with van der Waals surface area (Å²) in [5.41, 5.74) is 3.15. The molecule has 0 saturated carbocycles. The first-order valence-electron chi connectivity index (χ1n) is 9.83. The van der Waals surface area contributed by atoms with Crippen LogP contribution in [0.1, 0.15) is 50.2 Å². The summed E-state index contributed by atoms with van der Waals surface area (Å²) in [6.45, 7) is 7.24. The van der Waals surface area contributed by atoms with Gasteiger partial charge in [-0.2, -0.15) is 0 Å². The zero-order valence-electron chi connectivity index (χ0n) is 15.5. The molecule has 2 heterocycles. The predicted octanol–water partition coefficient (Wildman–Crippen LogP) is 2.84. The number of benzene rings is 1. The Bertz CT molecular complexity index is 589. The van der Waals surface area contributed by atoms with Crippen LogP contribution in [0.15, 0.2) is 24.3 Å². The van der Waals surface area contributed by atoms with Gasteiger partial charge in [0.1, 0.15) is 0 Å². The lowest BCUT2D eigenvalue weighted by molar-refractivity contribution is -0.139. The summed E-state index contributed by atoms with van der Waals surface area (Å²) in [6.07, 6.45) is 5.91. The number of aryl methyl sites for hydroxylation is 1. The van der Waals surface area contributed by atoms with Gasteiger partial charge in [-0.15, -0.1) is 0 Å². The maximum Gasteiger partial charge on any atom is 0.222 e. The molecular weight excluding hydrogens is 312 g/mol. The molecule has 2 aliphatic heterocycles. The first kappa shape index (κ1) is 18.4. The second-order valence-electron chi connectivity index (χ2n) is 7.83. The Kier molecular flexibility index (Phi) is 6.13. The van der Waals surface area contributed by atoms with Crippen molar-refractivity contribution in [2.24, 2.45) is 5.41 Å². The van der Waals surface area contributed by atoms with Crippen LogP contribution in [0.2, 0.25) is 0 Å². The maximum atomic E-state index is 12.2. The fraction of sp³-hybridized carbons (Fsp3) is 0.667. The predicted molar refractivity (Wildman–Crippen MR) is 100 cm³/mol. The summed E-state index contributed by atoms with van der Waals surface area (Å²) in [7, 11) is 0. The summed E-state index contributed by atoms with van der Waals surface area (Å²) in [5, 5.41) is 9.09. The molecule has 4 nitrogen and oxygen atoms in total. The highest BCUT2D eigenvalue weighted by molar-refractivity contribution is 5.77. The van der Waals surface area contributed by atoms with Crippen molar-refractivity contribution >= 4 is 5.91 Å². The third kappa shape index (κ3) is 4.42. The average molecular weight is 344 g/mol. The lowest BCUT2D eigenvalue weighted by Crippen LogP contribution is -2.54. The second-order valence-corrected chi connectivity index (χ2v) is 7.83. The van der Waals surface area contributed by atoms with Crippen LogP contribution in [-0.2, 0) is 17.8 Å². The number of carbonyl (C=O) groups excluding carboxylic acids is 1. The van der Waals surface area contributed by atoms with E-state index in [0.717, 1.165) is 39.0 Å². The Morgan fingerprint density at radius 3 is 2.72 bits per heavy atom. The average Bonchev–Trinajstić information content (AvgIpc) is 2.63. The number of hydrogen-bond acceptors (Lipinski definition) is 3. The van der Waals surface area contributed by atoms with Crippen molar-refractivity contribution in [1.29, 1.82) is 0 Å². The molecule has 1 spiro atoms. The van der Waals surface area contributed by atoms with Gasteiger partial charge in [0.15, 0.2) is 0 Å². The Hall–Kier alpha value is -1.39. The van der Waals surface area contributed by atoms with Crippen LogP contribution in [-0.4, -0.2) is 53.6 Å². The summed E-state index contributed by atoms with van der Waals surface area (Å²) in [4.78, 5) is 16.8. The molecule has 3 rings (SSSR count).